The van der Waals surface area contributed by atoms with Crippen molar-refractivity contribution in [3.05, 3.63) is 71.6 Å². The molecule has 0 saturated carbocycles. The van der Waals surface area contributed by atoms with Gasteiger partial charge in [-0.25, -0.2) is 8.42 Å². The number of nitrogens with zero attached hydrogens (tertiary/aromatic N) is 1. The summed E-state index contributed by atoms with van der Waals surface area (Å²) in [6.07, 6.45) is 0. The van der Waals surface area contributed by atoms with Crippen molar-refractivity contribution in [2.75, 3.05) is 37.5 Å². The molecule has 0 atom stereocenters. The van der Waals surface area contributed by atoms with Gasteiger partial charge in [0.05, 0.1) is 42.0 Å². The van der Waals surface area contributed by atoms with Crippen molar-refractivity contribution in [2.45, 2.75) is 11.8 Å². The Balaban J connectivity index is 1.60. The van der Waals surface area contributed by atoms with E-state index in [4.69, 9.17) is 14.2 Å². The summed E-state index contributed by atoms with van der Waals surface area (Å²) in [6, 6.07) is 18.7. The first kappa shape index (κ1) is 25.3. The molecule has 36 heavy (non-hydrogen) atoms. The number of thiophene rings is 1. The maximum absolute atomic E-state index is 13.3. The van der Waals surface area contributed by atoms with Crippen LogP contribution in [-0.4, -0.2) is 42.2 Å². The third-order valence-corrected chi connectivity index (χ3v) is 8.43. The fourth-order valence-corrected chi connectivity index (χ4v) is 5.79. The van der Waals surface area contributed by atoms with Crippen LogP contribution in [0.4, 0.5) is 11.4 Å². The lowest BCUT2D eigenvalue weighted by atomic mass is 10.2. The Morgan fingerprint density at radius 3 is 2.42 bits per heavy atom. The molecule has 0 aliphatic rings. The maximum atomic E-state index is 13.3. The lowest BCUT2D eigenvalue weighted by Crippen LogP contribution is -2.26. The summed E-state index contributed by atoms with van der Waals surface area (Å²) in [5.74, 6) is 1.09. The zero-order chi connectivity index (χ0) is 25.9. The van der Waals surface area contributed by atoms with Gasteiger partial charge in [0.15, 0.2) is 11.5 Å². The molecule has 1 heterocycles. The molecule has 4 rings (SSSR count). The van der Waals surface area contributed by atoms with E-state index in [1.807, 2.05) is 19.1 Å². The van der Waals surface area contributed by atoms with Crippen LogP contribution in [-0.2, 0) is 10.0 Å². The molecular weight excluding hydrogens is 500 g/mol. The molecule has 10 heteroatoms. The number of para-hydroxylation sites is 2. The molecule has 0 saturated heterocycles. The number of carbonyl (C=O) groups is 1. The van der Waals surface area contributed by atoms with E-state index in [0.29, 0.717) is 40.1 Å². The molecule has 8 nitrogen and oxygen atoms in total. The Morgan fingerprint density at radius 2 is 1.69 bits per heavy atom. The molecule has 4 aromatic rings. The fourth-order valence-electron chi connectivity index (χ4n) is 3.65. The SMILES string of the molecule is CCOc1ccccc1NC(=O)c1cc2cc(N(C)S(=O)(=O)c3ccc(OC)c(OC)c3)ccc2s1. The summed E-state index contributed by atoms with van der Waals surface area (Å²) >= 11 is 1.33. The highest BCUT2D eigenvalue weighted by molar-refractivity contribution is 7.92. The standard InChI is InChI=1S/C26H26N2O6S2/c1-5-34-21-9-7-6-8-20(21)27-26(29)25-15-17-14-18(10-13-24(17)35-25)28(2)36(30,31)19-11-12-22(32-3)23(16-19)33-4/h6-16H,5H2,1-4H3,(H,27,29). The van der Waals surface area contributed by atoms with Gasteiger partial charge in [-0.3, -0.25) is 9.10 Å². The highest BCUT2D eigenvalue weighted by Gasteiger charge is 2.24. The first-order valence-electron chi connectivity index (χ1n) is 11.1. The van der Waals surface area contributed by atoms with Gasteiger partial charge >= 0.3 is 0 Å². The molecule has 188 valence electrons. The third-order valence-electron chi connectivity index (χ3n) is 5.54. The average molecular weight is 527 g/mol. The Labute approximate surface area is 214 Å². The smallest absolute Gasteiger partial charge is 0.265 e. The number of methoxy groups -OCH3 is 2. The van der Waals surface area contributed by atoms with Crippen LogP contribution in [0, 0.1) is 0 Å². The highest BCUT2D eigenvalue weighted by Crippen LogP contribution is 2.34. The van der Waals surface area contributed by atoms with Crippen molar-refractivity contribution in [3.8, 4) is 17.2 Å². The van der Waals surface area contributed by atoms with Gasteiger partial charge in [-0.2, -0.15) is 0 Å². The van der Waals surface area contributed by atoms with Gasteiger partial charge < -0.3 is 19.5 Å². The highest BCUT2D eigenvalue weighted by atomic mass is 32.2. The summed E-state index contributed by atoms with van der Waals surface area (Å²) in [5, 5.41) is 3.65. The topological polar surface area (TPSA) is 94.2 Å². The first-order valence-corrected chi connectivity index (χ1v) is 13.3. The Hall–Kier alpha value is -3.76. The second kappa shape index (κ2) is 10.5. The number of fused-ring (bicyclic) bond motifs is 1. The number of hydrogen-bond acceptors (Lipinski definition) is 7. The zero-order valence-electron chi connectivity index (χ0n) is 20.3. The van der Waals surface area contributed by atoms with Gasteiger partial charge in [-0.1, -0.05) is 12.1 Å². The van der Waals surface area contributed by atoms with Crippen LogP contribution in [0.3, 0.4) is 0 Å². The van der Waals surface area contributed by atoms with E-state index in [-0.39, 0.29) is 10.8 Å². The lowest BCUT2D eigenvalue weighted by molar-refractivity contribution is 0.103. The normalized spacial score (nSPS) is 11.2. The van der Waals surface area contributed by atoms with E-state index in [1.54, 1.807) is 42.5 Å². The van der Waals surface area contributed by atoms with Gasteiger partial charge in [0.25, 0.3) is 15.9 Å². The van der Waals surface area contributed by atoms with Gasteiger partial charge in [0.2, 0.25) is 0 Å². The minimum atomic E-state index is -3.87. The second-order valence-electron chi connectivity index (χ2n) is 7.71. The second-order valence-corrected chi connectivity index (χ2v) is 10.8. The van der Waals surface area contributed by atoms with E-state index < -0.39 is 10.0 Å². The molecule has 1 aromatic heterocycles. The van der Waals surface area contributed by atoms with Crippen LogP contribution >= 0.6 is 11.3 Å². The molecule has 0 unspecified atom stereocenters. The van der Waals surface area contributed by atoms with Gasteiger partial charge in [-0.05, 0) is 60.8 Å². The van der Waals surface area contributed by atoms with E-state index >= 15 is 0 Å². The predicted octanol–water partition coefficient (Wildman–Crippen LogP) is 5.39. The zero-order valence-corrected chi connectivity index (χ0v) is 21.9. The molecule has 0 fully saturated rings. The van der Waals surface area contributed by atoms with E-state index in [1.165, 1.54) is 49.0 Å². The number of anilines is 2. The number of hydrogen-bond donors (Lipinski definition) is 1. The van der Waals surface area contributed by atoms with E-state index in [2.05, 4.69) is 5.32 Å². The maximum Gasteiger partial charge on any atom is 0.265 e. The number of amides is 1. The molecule has 0 radical (unpaired) electrons. The summed E-state index contributed by atoms with van der Waals surface area (Å²) in [7, 11) is 0.550. The van der Waals surface area contributed by atoms with E-state index in [0.717, 1.165) is 10.1 Å². The molecule has 3 aromatic carbocycles. The van der Waals surface area contributed by atoms with Crippen molar-refractivity contribution in [1.29, 1.82) is 0 Å². The Kier molecular flexibility index (Phi) is 7.37. The number of benzene rings is 3. The van der Waals surface area contributed by atoms with Crippen LogP contribution in [0.2, 0.25) is 0 Å². The minimum Gasteiger partial charge on any atom is -0.493 e. The minimum absolute atomic E-state index is 0.0705. The fraction of sp³-hybridized carbons (Fsp3) is 0.192. The van der Waals surface area contributed by atoms with Crippen molar-refractivity contribution >= 4 is 48.7 Å². The predicted molar refractivity (Wildman–Crippen MR) is 143 cm³/mol. The van der Waals surface area contributed by atoms with Crippen LogP contribution in [0.15, 0.2) is 71.6 Å². The summed E-state index contributed by atoms with van der Waals surface area (Å²) in [4.78, 5) is 13.5. The van der Waals surface area contributed by atoms with Crippen LogP contribution in [0.5, 0.6) is 17.2 Å². The number of sulfonamides is 1. The number of carbonyl (C=O) groups excluding carboxylic acids is 1. The number of nitrogens with one attached hydrogen (secondary N) is 1. The molecule has 0 spiro atoms. The van der Waals surface area contributed by atoms with Crippen molar-refractivity contribution in [2.24, 2.45) is 0 Å². The number of rotatable bonds is 9. The first-order chi connectivity index (χ1) is 17.3. The lowest BCUT2D eigenvalue weighted by Gasteiger charge is -2.20. The Bertz CT molecular complexity index is 1510. The summed E-state index contributed by atoms with van der Waals surface area (Å²) in [5.41, 5.74) is 1.05. The van der Waals surface area contributed by atoms with Gasteiger partial charge in [-0.15, -0.1) is 11.3 Å². The van der Waals surface area contributed by atoms with Crippen molar-refractivity contribution < 1.29 is 27.4 Å². The van der Waals surface area contributed by atoms with Crippen molar-refractivity contribution in [3.63, 3.8) is 0 Å². The summed E-state index contributed by atoms with van der Waals surface area (Å²) < 4.78 is 44.7. The molecule has 0 aliphatic heterocycles. The quantitative estimate of drug-likeness (QED) is 0.314. The van der Waals surface area contributed by atoms with Crippen LogP contribution in [0.25, 0.3) is 10.1 Å². The molecule has 1 amide bonds. The van der Waals surface area contributed by atoms with Crippen LogP contribution in [0.1, 0.15) is 16.6 Å². The van der Waals surface area contributed by atoms with Gasteiger partial charge in [0.1, 0.15) is 5.75 Å². The van der Waals surface area contributed by atoms with Gasteiger partial charge in [0, 0.05) is 17.8 Å². The number of ether oxygens (including phenoxy) is 3. The monoisotopic (exact) mass is 526 g/mol. The molecule has 0 aliphatic carbocycles. The molecular formula is C26H26N2O6S2. The van der Waals surface area contributed by atoms with Crippen LogP contribution < -0.4 is 23.8 Å². The summed E-state index contributed by atoms with van der Waals surface area (Å²) in [6.45, 7) is 2.36. The third kappa shape index (κ3) is 4.95. The Morgan fingerprint density at radius 1 is 0.944 bits per heavy atom. The van der Waals surface area contributed by atoms with E-state index in [9.17, 15) is 13.2 Å². The van der Waals surface area contributed by atoms with Crippen molar-refractivity contribution in [1.82, 2.24) is 0 Å². The largest absolute Gasteiger partial charge is 0.493 e. The molecule has 0 bridgehead atoms. The average Bonchev–Trinajstić information content (AvgIpc) is 3.32. The molecule has 1 N–H and O–H groups in total.